The third-order valence-corrected chi connectivity index (χ3v) is 9.01. The molecule has 302 valence electrons. The van der Waals surface area contributed by atoms with Gasteiger partial charge in [-0.3, -0.25) is 4.90 Å². The molecule has 0 bridgehead atoms. The molecule has 0 spiro atoms. The van der Waals surface area contributed by atoms with Gasteiger partial charge in [-0.25, -0.2) is 9.59 Å². The first-order valence-electron chi connectivity index (χ1n) is 17.3. The highest BCUT2D eigenvalue weighted by atomic mass is 19.4. The highest BCUT2D eigenvalue weighted by Gasteiger charge is 2.43. The lowest BCUT2D eigenvalue weighted by atomic mass is 9.89. The first-order valence-corrected chi connectivity index (χ1v) is 17.3. The van der Waals surface area contributed by atoms with Crippen molar-refractivity contribution in [2.75, 3.05) is 22.9 Å². The molecule has 0 aliphatic carbocycles. The Morgan fingerprint density at radius 1 is 0.855 bits per heavy atom. The summed E-state index contributed by atoms with van der Waals surface area (Å²) in [5.74, 6) is -0.306. The molecule has 2 aliphatic heterocycles. The minimum Gasteiger partial charge on any atom is -0.446 e. The van der Waals surface area contributed by atoms with E-state index in [-0.39, 0.29) is 42.8 Å². The number of likely N-dealkylation sites (tertiary alicyclic amines) is 1. The van der Waals surface area contributed by atoms with E-state index in [0.717, 1.165) is 23.1 Å². The van der Waals surface area contributed by atoms with E-state index in [1.807, 2.05) is 0 Å². The maximum absolute atomic E-state index is 14.1. The first-order chi connectivity index (χ1) is 25.3. The summed E-state index contributed by atoms with van der Waals surface area (Å²) < 4.78 is 137. The lowest BCUT2D eigenvalue weighted by Crippen LogP contribution is -2.47. The van der Waals surface area contributed by atoms with Gasteiger partial charge in [-0.05, 0) is 114 Å². The minimum atomic E-state index is -5.18. The number of hydrogen-bond acceptors (Lipinski definition) is 8. The summed E-state index contributed by atoms with van der Waals surface area (Å²) in [4.78, 5) is 30.9. The standard InChI is InChI=1S/C35H40F9N7O4/c1-19(2)54-31(53)50-20(3)13-28(26-17-22(33(36,37)38)7-8-27(26)50)49(18-21-14-23(34(39,40)41)16-24(15-21)35(42,43)44)29-45-47-51(46-29)25-9-11-48(12-10-25)30(52)55-32(4,5)6/h7-8,14-17,19-20,25,28H,9-13,18H2,1-6H3. The molecule has 2 aromatic carbocycles. The average molecular weight is 794 g/mol. The monoisotopic (exact) mass is 793 g/mol. The smallest absolute Gasteiger partial charge is 0.416 e. The van der Waals surface area contributed by atoms with Gasteiger partial charge < -0.3 is 19.3 Å². The molecule has 0 radical (unpaired) electrons. The Bertz CT molecular complexity index is 1830. The molecule has 1 aromatic heterocycles. The van der Waals surface area contributed by atoms with Crippen LogP contribution >= 0.6 is 0 Å². The van der Waals surface area contributed by atoms with Crippen LogP contribution in [0.15, 0.2) is 36.4 Å². The highest BCUT2D eigenvalue weighted by molar-refractivity contribution is 5.90. The molecule has 2 amide bonds. The van der Waals surface area contributed by atoms with Crippen LogP contribution in [0.5, 0.6) is 0 Å². The van der Waals surface area contributed by atoms with E-state index in [1.165, 1.54) is 14.6 Å². The summed E-state index contributed by atoms with van der Waals surface area (Å²) in [5, 5.41) is 12.7. The fraction of sp³-hybridized carbons (Fsp3) is 0.571. The summed E-state index contributed by atoms with van der Waals surface area (Å²) in [7, 11) is 0. The molecule has 3 heterocycles. The number of benzene rings is 2. The number of hydrogen-bond donors (Lipinski definition) is 0. The van der Waals surface area contributed by atoms with Crippen molar-refractivity contribution in [2.45, 2.75) is 116 Å². The summed E-state index contributed by atoms with van der Waals surface area (Å²) in [6, 6.07) is 1.12. The van der Waals surface area contributed by atoms with Crippen LogP contribution in [0.25, 0.3) is 0 Å². The number of aromatic nitrogens is 4. The van der Waals surface area contributed by atoms with Crippen LogP contribution < -0.4 is 9.80 Å². The molecule has 3 aromatic rings. The second-order valence-electron chi connectivity index (χ2n) is 14.8. The van der Waals surface area contributed by atoms with E-state index in [9.17, 15) is 49.1 Å². The number of carbonyl (C=O) groups is 2. The number of carbonyl (C=O) groups excluding carboxylic acids is 2. The van der Waals surface area contributed by atoms with Crippen LogP contribution in [0.3, 0.4) is 0 Å². The second-order valence-corrected chi connectivity index (χ2v) is 14.8. The minimum absolute atomic E-state index is 0.0191. The third kappa shape index (κ3) is 9.73. The molecular weight excluding hydrogens is 753 g/mol. The van der Waals surface area contributed by atoms with Gasteiger partial charge >= 0.3 is 30.7 Å². The Labute approximate surface area is 310 Å². The number of alkyl halides is 9. The van der Waals surface area contributed by atoms with Crippen molar-refractivity contribution in [1.29, 1.82) is 0 Å². The van der Waals surface area contributed by atoms with Crippen LogP contribution in [0.1, 0.15) is 101 Å². The first kappa shape index (κ1) is 41.4. The topological polar surface area (TPSA) is 106 Å². The van der Waals surface area contributed by atoms with Crippen LogP contribution in [0.4, 0.5) is 60.7 Å². The highest BCUT2D eigenvalue weighted by Crippen LogP contribution is 2.46. The van der Waals surface area contributed by atoms with Gasteiger partial charge in [-0.1, -0.05) is 5.10 Å². The van der Waals surface area contributed by atoms with Crippen molar-refractivity contribution in [3.63, 3.8) is 0 Å². The van der Waals surface area contributed by atoms with Crippen LogP contribution in [-0.4, -0.2) is 68.1 Å². The Hall–Kier alpha value is -4.78. The quantitative estimate of drug-likeness (QED) is 0.228. The predicted molar refractivity (Wildman–Crippen MR) is 179 cm³/mol. The molecule has 5 rings (SSSR count). The zero-order chi connectivity index (χ0) is 40.8. The Morgan fingerprint density at radius 2 is 1.44 bits per heavy atom. The van der Waals surface area contributed by atoms with Gasteiger partial charge in [-0.15, -0.1) is 5.10 Å². The van der Waals surface area contributed by atoms with Gasteiger partial charge in [0.2, 0.25) is 0 Å². The van der Waals surface area contributed by atoms with Crippen molar-refractivity contribution in [2.24, 2.45) is 0 Å². The zero-order valence-electron chi connectivity index (χ0n) is 30.7. The average Bonchev–Trinajstić information content (AvgIpc) is 3.54. The fourth-order valence-electron chi connectivity index (χ4n) is 6.56. The molecular formula is C35H40F9N7O4. The molecule has 55 heavy (non-hydrogen) atoms. The number of fused-ring (bicyclic) bond motifs is 1. The number of nitrogens with zero attached hydrogens (tertiary/aromatic N) is 7. The lowest BCUT2D eigenvalue weighted by Gasteiger charge is -2.43. The van der Waals surface area contributed by atoms with Gasteiger partial charge in [0.1, 0.15) is 5.60 Å². The normalized spacial score (nSPS) is 18.7. The van der Waals surface area contributed by atoms with Gasteiger partial charge in [0.25, 0.3) is 5.95 Å². The number of ether oxygens (including phenoxy) is 2. The maximum atomic E-state index is 14.1. The Morgan fingerprint density at radius 3 is 1.96 bits per heavy atom. The van der Waals surface area contributed by atoms with Gasteiger partial charge in [0.15, 0.2) is 0 Å². The number of anilines is 2. The second kappa shape index (κ2) is 15.0. The van der Waals surface area contributed by atoms with E-state index >= 15 is 0 Å². The van der Waals surface area contributed by atoms with Gasteiger partial charge in [0.05, 0.1) is 40.6 Å². The molecule has 11 nitrogen and oxygen atoms in total. The number of halogens is 9. The number of tetrazole rings is 1. The van der Waals surface area contributed by atoms with Crippen molar-refractivity contribution in [3.8, 4) is 0 Å². The van der Waals surface area contributed by atoms with Crippen molar-refractivity contribution >= 4 is 23.8 Å². The van der Waals surface area contributed by atoms with Gasteiger partial charge in [-0.2, -0.15) is 44.3 Å². The van der Waals surface area contributed by atoms with Crippen molar-refractivity contribution < 1.29 is 58.6 Å². The van der Waals surface area contributed by atoms with Crippen LogP contribution in [0, 0.1) is 0 Å². The summed E-state index contributed by atoms with van der Waals surface area (Å²) in [6.45, 7) is 9.62. The van der Waals surface area contributed by atoms with E-state index in [1.54, 1.807) is 41.5 Å². The molecule has 1 fully saturated rings. The predicted octanol–water partition coefficient (Wildman–Crippen LogP) is 9.19. The number of rotatable bonds is 6. The summed E-state index contributed by atoms with van der Waals surface area (Å²) in [5.41, 5.74) is -5.67. The molecule has 2 aliphatic rings. The molecule has 2 atom stereocenters. The van der Waals surface area contributed by atoms with E-state index < -0.39 is 89.3 Å². The fourth-order valence-corrected chi connectivity index (χ4v) is 6.56. The van der Waals surface area contributed by atoms with Crippen molar-refractivity contribution in [1.82, 2.24) is 25.1 Å². The van der Waals surface area contributed by atoms with E-state index in [0.29, 0.717) is 25.0 Å². The van der Waals surface area contributed by atoms with Crippen LogP contribution in [0.2, 0.25) is 0 Å². The number of piperidine rings is 1. The van der Waals surface area contributed by atoms with Gasteiger partial charge in [0, 0.05) is 25.7 Å². The maximum Gasteiger partial charge on any atom is 0.416 e. The molecule has 2 unspecified atom stereocenters. The lowest BCUT2D eigenvalue weighted by molar-refractivity contribution is -0.143. The molecule has 20 heteroatoms. The summed E-state index contributed by atoms with van der Waals surface area (Å²) in [6.07, 6.45) is -16.8. The third-order valence-electron chi connectivity index (χ3n) is 9.01. The summed E-state index contributed by atoms with van der Waals surface area (Å²) >= 11 is 0. The Kier molecular flexibility index (Phi) is 11.3. The number of amides is 2. The van der Waals surface area contributed by atoms with E-state index in [4.69, 9.17) is 9.47 Å². The SMILES string of the molecule is CC(C)OC(=O)N1c2ccc(C(F)(F)F)cc2C(N(Cc2cc(C(F)(F)F)cc(C(F)(F)F)c2)c2nnn(C3CCN(C(=O)OC(C)(C)C)CC3)n2)CC1C. The van der Waals surface area contributed by atoms with Crippen LogP contribution in [-0.2, 0) is 34.5 Å². The largest absolute Gasteiger partial charge is 0.446 e. The van der Waals surface area contributed by atoms with Crippen molar-refractivity contribution in [3.05, 3.63) is 64.2 Å². The molecule has 0 N–H and O–H groups in total. The molecule has 1 saturated heterocycles. The zero-order valence-corrected chi connectivity index (χ0v) is 30.7. The van der Waals surface area contributed by atoms with E-state index in [2.05, 4.69) is 15.4 Å². The molecule has 0 saturated carbocycles. The Balaban J connectivity index is 1.60.